The fourth-order valence-corrected chi connectivity index (χ4v) is 2.01. The minimum Gasteiger partial charge on any atom is -0.481 e. The number of hydrogen-bond acceptors (Lipinski definition) is 2. The molecule has 0 aliphatic heterocycles. The molecule has 2 N–H and O–H groups in total. The van der Waals surface area contributed by atoms with Crippen molar-refractivity contribution in [3.05, 3.63) is 28.3 Å². The minimum atomic E-state index is -0.869. The monoisotopic (exact) mass is 263 g/mol. The predicted molar refractivity (Wildman–Crippen MR) is 75.5 cm³/mol. The van der Waals surface area contributed by atoms with Crippen LogP contribution in [0.25, 0.3) is 0 Å². The number of benzene rings is 1. The highest BCUT2D eigenvalue weighted by Crippen LogP contribution is 2.26. The van der Waals surface area contributed by atoms with E-state index in [1.807, 2.05) is 27.7 Å². The summed E-state index contributed by atoms with van der Waals surface area (Å²) in [5.41, 5.74) is 5.27. The van der Waals surface area contributed by atoms with Crippen molar-refractivity contribution >= 4 is 17.6 Å². The Morgan fingerprint density at radius 2 is 1.58 bits per heavy atom. The van der Waals surface area contributed by atoms with Gasteiger partial charge in [-0.15, -0.1) is 0 Å². The Balaban J connectivity index is 2.77. The highest BCUT2D eigenvalue weighted by molar-refractivity contribution is 5.93. The highest BCUT2D eigenvalue weighted by Gasteiger charge is 2.11. The van der Waals surface area contributed by atoms with Gasteiger partial charge >= 0.3 is 5.97 Å². The number of carbonyl (C=O) groups excluding carboxylic acids is 1. The summed E-state index contributed by atoms with van der Waals surface area (Å²) in [7, 11) is 0. The second-order valence-electron chi connectivity index (χ2n) is 4.93. The zero-order valence-corrected chi connectivity index (χ0v) is 12.0. The number of aliphatic carboxylic acids is 1. The summed E-state index contributed by atoms with van der Waals surface area (Å²) >= 11 is 0. The van der Waals surface area contributed by atoms with Crippen molar-refractivity contribution in [3.63, 3.8) is 0 Å². The van der Waals surface area contributed by atoms with E-state index in [9.17, 15) is 9.59 Å². The van der Waals surface area contributed by atoms with Gasteiger partial charge in [-0.2, -0.15) is 0 Å². The lowest BCUT2D eigenvalue weighted by Gasteiger charge is -2.16. The van der Waals surface area contributed by atoms with Gasteiger partial charge < -0.3 is 10.4 Å². The van der Waals surface area contributed by atoms with Crippen molar-refractivity contribution < 1.29 is 14.7 Å². The average molecular weight is 263 g/mol. The quantitative estimate of drug-likeness (QED) is 0.857. The fraction of sp³-hybridized carbons (Fsp3) is 0.467. The fourth-order valence-electron chi connectivity index (χ4n) is 2.01. The van der Waals surface area contributed by atoms with Gasteiger partial charge in [-0.05, 0) is 56.4 Å². The number of carbonyl (C=O) groups is 2. The van der Waals surface area contributed by atoms with E-state index >= 15 is 0 Å². The molecular formula is C15H21NO3. The molecule has 0 unspecified atom stereocenters. The first-order chi connectivity index (χ1) is 8.82. The topological polar surface area (TPSA) is 66.4 Å². The molecule has 0 fully saturated rings. The van der Waals surface area contributed by atoms with Crippen LogP contribution in [0.2, 0.25) is 0 Å². The Hall–Kier alpha value is -1.84. The molecule has 0 spiro atoms. The summed E-state index contributed by atoms with van der Waals surface area (Å²) in [4.78, 5) is 22.2. The van der Waals surface area contributed by atoms with Crippen LogP contribution >= 0.6 is 0 Å². The zero-order chi connectivity index (χ0) is 14.6. The Bertz CT molecular complexity index is 480. The van der Waals surface area contributed by atoms with Gasteiger partial charge in [-0.25, -0.2) is 0 Å². The molecule has 0 radical (unpaired) electrons. The van der Waals surface area contributed by atoms with Gasteiger partial charge in [-0.3, -0.25) is 9.59 Å². The van der Waals surface area contributed by atoms with E-state index in [0.717, 1.165) is 27.9 Å². The SMILES string of the molecule is Cc1cc(C)c(C)c(NC(=O)CCCC(=O)O)c1C. The molecule has 0 saturated carbocycles. The molecule has 0 bridgehead atoms. The van der Waals surface area contributed by atoms with Crippen molar-refractivity contribution in [2.75, 3.05) is 5.32 Å². The lowest BCUT2D eigenvalue weighted by atomic mass is 9.98. The van der Waals surface area contributed by atoms with E-state index in [0.29, 0.717) is 6.42 Å². The van der Waals surface area contributed by atoms with Crippen LogP contribution in [0.4, 0.5) is 5.69 Å². The molecular weight excluding hydrogens is 242 g/mol. The summed E-state index contributed by atoms with van der Waals surface area (Å²) in [5.74, 6) is -0.996. The number of hydrogen-bond donors (Lipinski definition) is 2. The van der Waals surface area contributed by atoms with Crippen LogP contribution in [-0.2, 0) is 9.59 Å². The van der Waals surface area contributed by atoms with Crippen LogP contribution in [0.1, 0.15) is 41.5 Å². The average Bonchev–Trinajstić information content (AvgIpc) is 2.32. The van der Waals surface area contributed by atoms with Crippen LogP contribution in [0.15, 0.2) is 6.07 Å². The van der Waals surface area contributed by atoms with Crippen LogP contribution in [0.5, 0.6) is 0 Å². The number of carboxylic acids is 1. The van der Waals surface area contributed by atoms with Crippen molar-refractivity contribution in [1.29, 1.82) is 0 Å². The lowest BCUT2D eigenvalue weighted by molar-refractivity contribution is -0.137. The van der Waals surface area contributed by atoms with Gasteiger partial charge in [0.1, 0.15) is 0 Å². The third-order valence-corrected chi connectivity index (χ3v) is 3.42. The third-order valence-electron chi connectivity index (χ3n) is 3.42. The molecule has 0 heterocycles. The molecule has 104 valence electrons. The molecule has 1 aromatic rings. The summed E-state index contributed by atoms with van der Waals surface area (Å²) in [6.45, 7) is 7.99. The van der Waals surface area contributed by atoms with E-state index < -0.39 is 5.97 Å². The smallest absolute Gasteiger partial charge is 0.303 e. The number of amides is 1. The van der Waals surface area contributed by atoms with Crippen LogP contribution < -0.4 is 5.32 Å². The van der Waals surface area contributed by atoms with Crippen molar-refractivity contribution in [2.24, 2.45) is 0 Å². The Morgan fingerprint density at radius 1 is 1.05 bits per heavy atom. The van der Waals surface area contributed by atoms with Crippen LogP contribution in [0.3, 0.4) is 0 Å². The van der Waals surface area contributed by atoms with Gasteiger partial charge in [0.25, 0.3) is 0 Å². The molecule has 1 rings (SSSR count). The van der Waals surface area contributed by atoms with Gasteiger partial charge in [0.15, 0.2) is 0 Å². The van der Waals surface area contributed by atoms with E-state index in [4.69, 9.17) is 5.11 Å². The third kappa shape index (κ3) is 4.09. The van der Waals surface area contributed by atoms with Crippen LogP contribution in [-0.4, -0.2) is 17.0 Å². The van der Waals surface area contributed by atoms with E-state index in [1.165, 1.54) is 0 Å². The van der Waals surface area contributed by atoms with E-state index in [2.05, 4.69) is 11.4 Å². The lowest BCUT2D eigenvalue weighted by Crippen LogP contribution is -2.14. The van der Waals surface area contributed by atoms with E-state index in [-0.39, 0.29) is 18.7 Å². The summed E-state index contributed by atoms with van der Waals surface area (Å²) in [5, 5.41) is 11.4. The largest absolute Gasteiger partial charge is 0.481 e. The summed E-state index contributed by atoms with van der Waals surface area (Å²) < 4.78 is 0. The second-order valence-corrected chi connectivity index (χ2v) is 4.93. The molecule has 0 aliphatic rings. The minimum absolute atomic E-state index is 0.0260. The maximum absolute atomic E-state index is 11.8. The number of aryl methyl sites for hydroxylation is 2. The first kappa shape index (κ1) is 15.2. The first-order valence-electron chi connectivity index (χ1n) is 6.42. The molecule has 0 aliphatic carbocycles. The summed E-state index contributed by atoms with van der Waals surface area (Å²) in [6.07, 6.45) is 0.625. The molecule has 1 amide bonds. The first-order valence-corrected chi connectivity index (χ1v) is 6.42. The summed E-state index contributed by atoms with van der Waals surface area (Å²) in [6, 6.07) is 2.10. The normalized spacial score (nSPS) is 10.3. The Labute approximate surface area is 113 Å². The molecule has 1 aromatic carbocycles. The maximum Gasteiger partial charge on any atom is 0.303 e. The molecule has 0 aromatic heterocycles. The Kier molecular flexibility index (Phi) is 5.10. The van der Waals surface area contributed by atoms with E-state index in [1.54, 1.807) is 0 Å². The standard InChI is InChI=1S/C15H21NO3/c1-9-8-10(2)12(4)15(11(9)3)16-13(17)6-5-7-14(18)19/h8H,5-7H2,1-4H3,(H,16,17)(H,18,19). The number of rotatable bonds is 5. The molecule has 0 atom stereocenters. The number of anilines is 1. The van der Waals surface area contributed by atoms with Gasteiger partial charge in [-0.1, -0.05) is 6.07 Å². The number of carboxylic acid groups (broad SMARTS) is 1. The zero-order valence-electron chi connectivity index (χ0n) is 12.0. The van der Waals surface area contributed by atoms with Crippen LogP contribution in [0, 0.1) is 27.7 Å². The maximum atomic E-state index is 11.8. The molecule has 0 saturated heterocycles. The van der Waals surface area contributed by atoms with Gasteiger partial charge in [0.05, 0.1) is 0 Å². The van der Waals surface area contributed by atoms with Gasteiger partial charge in [0.2, 0.25) is 5.91 Å². The molecule has 4 heteroatoms. The molecule has 4 nitrogen and oxygen atoms in total. The van der Waals surface area contributed by atoms with Crippen molar-refractivity contribution in [2.45, 2.75) is 47.0 Å². The van der Waals surface area contributed by atoms with Crippen molar-refractivity contribution in [3.8, 4) is 0 Å². The van der Waals surface area contributed by atoms with Gasteiger partial charge in [0, 0.05) is 18.5 Å². The second kappa shape index (κ2) is 6.36. The highest BCUT2D eigenvalue weighted by atomic mass is 16.4. The molecule has 19 heavy (non-hydrogen) atoms. The van der Waals surface area contributed by atoms with Crippen molar-refractivity contribution in [1.82, 2.24) is 0 Å². The number of nitrogens with one attached hydrogen (secondary N) is 1. The predicted octanol–water partition coefficient (Wildman–Crippen LogP) is 3.11. The Morgan fingerprint density at radius 3 is 2.05 bits per heavy atom.